The largest absolute Gasteiger partial charge is 0.277 e. The van der Waals surface area contributed by atoms with Gasteiger partial charge in [-0.05, 0) is 69.4 Å². The van der Waals surface area contributed by atoms with Gasteiger partial charge in [0.2, 0.25) is 5.95 Å². The highest BCUT2D eigenvalue weighted by Crippen LogP contribution is 2.40. The zero-order chi connectivity index (χ0) is 39.7. The van der Waals surface area contributed by atoms with Gasteiger partial charge in [-0.2, -0.15) is 0 Å². The summed E-state index contributed by atoms with van der Waals surface area (Å²) < 4.78 is 4.09. The number of hydrogen-bond acceptors (Lipinski definition) is 3. The molecule has 0 amide bonds. The van der Waals surface area contributed by atoms with Gasteiger partial charge >= 0.3 is 0 Å². The number of benzene rings is 9. The van der Waals surface area contributed by atoms with Crippen LogP contribution in [0, 0.1) is 0 Å². The molecular weight excluding hydrogens is 733 g/mol. The molecule has 5 heteroatoms. The molecule has 60 heavy (non-hydrogen) atoms. The molecule has 0 fully saturated rings. The van der Waals surface area contributed by atoms with Crippen molar-refractivity contribution in [3.05, 3.63) is 217 Å². The standard InChI is InChI=1S/C55H34N4O/c60-54-45-23-10-9-22-43(45)47-33-48-44-31-30-38-18-7-8-21-42(38)53(44)59(51(48)34-50(47)58(54)41-20-13-19-40(32-41)36-16-5-2-6-17-36)55-56-49-25-12-11-24-46(49)52(57-55)39-28-26-37(27-29-39)35-14-3-1-4-15-35/h1-34H. The molecule has 0 aliphatic rings. The Hall–Kier alpha value is -8.15. The predicted molar refractivity (Wildman–Crippen MR) is 248 cm³/mol. The third kappa shape index (κ3) is 5.30. The molecule has 3 aromatic heterocycles. The number of rotatable bonds is 5. The smallest absolute Gasteiger partial charge is 0.263 e. The predicted octanol–water partition coefficient (Wildman–Crippen LogP) is 13.3. The highest BCUT2D eigenvalue weighted by molar-refractivity contribution is 6.22. The van der Waals surface area contributed by atoms with E-state index in [0.29, 0.717) is 11.3 Å². The summed E-state index contributed by atoms with van der Waals surface area (Å²) in [5, 5.41) is 7.92. The second-order valence-electron chi connectivity index (χ2n) is 15.3. The highest BCUT2D eigenvalue weighted by atomic mass is 16.1. The van der Waals surface area contributed by atoms with Crippen molar-refractivity contribution >= 4 is 65.2 Å². The van der Waals surface area contributed by atoms with Crippen LogP contribution in [0.3, 0.4) is 0 Å². The summed E-state index contributed by atoms with van der Waals surface area (Å²) in [6.07, 6.45) is 0. The molecule has 0 atom stereocenters. The zero-order valence-electron chi connectivity index (χ0n) is 32.3. The van der Waals surface area contributed by atoms with Crippen LogP contribution in [-0.4, -0.2) is 19.1 Å². The van der Waals surface area contributed by atoms with Gasteiger partial charge < -0.3 is 0 Å². The molecule has 9 aromatic carbocycles. The molecule has 0 unspecified atom stereocenters. The van der Waals surface area contributed by atoms with E-state index >= 15 is 0 Å². The van der Waals surface area contributed by atoms with Crippen LogP contribution in [0.15, 0.2) is 211 Å². The molecule has 0 saturated carbocycles. The van der Waals surface area contributed by atoms with Gasteiger partial charge in [0, 0.05) is 43.6 Å². The summed E-state index contributed by atoms with van der Waals surface area (Å²) in [5.41, 5.74) is 10.6. The third-order valence-corrected chi connectivity index (χ3v) is 11.9. The molecule has 0 bridgehead atoms. The summed E-state index contributed by atoms with van der Waals surface area (Å²) in [5.74, 6) is 0.562. The van der Waals surface area contributed by atoms with Crippen molar-refractivity contribution in [2.75, 3.05) is 0 Å². The van der Waals surface area contributed by atoms with Crippen LogP contribution in [0.25, 0.3) is 110 Å². The highest BCUT2D eigenvalue weighted by Gasteiger charge is 2.22. The summed E-state index contributed by atoms with van der Waals surface area (Å²) in [6, 6.07) is 71.2. The van der Waals surface area contributed by atoms with Crippen molar-refractivity contribution in [3.8, 4) is 45.1 Å². The van der Waals surface area contributed by atoms with Gasteiger partial charge in [0.25, 0.3) is 5.56 Å². The molecule has 0 aliphatic heterocycles. The SMILES string of the molecule is O=c1c2ccccc2c2cc3c4ccc5ccccc5c4n(-c4nc(-c5ccc(-c6ccccc6)cc5)c5ccccc5n4)c3cc2n1-c1cccc(-c2ccccc2)c1. The van der Waals surface area contributed by atoms with Crippen molar-refractivity contribution in [1.29, 1.82) is 0 Å². The Morgan fingerprint density at radius 3 is 1.72 bits per heavy atom. The lowest BCUT2D eigenvalue weighted by atomic mass is 10.0. The van der Waals surface area contributed by atoms with Crippen LogP contribution >= 0.6 is 0 Å². The lowest BCUT2D eigenvalue weighted by Gasteiger charge is -2.16. The number of aromatic nitrogens is 4. The Balaban J connectivity index is 1.19. The summed E-state index contributed by atoms with van der Waals surface area (Å²) in [4.78, 5) is 25.6. The second kappa shape index (κ2) is 13.5. The number of fused-ring (bicyclic) bond motifs is 9. The first-order chi connectivity index (χ1) is 29.7. The average molecular weight is 767 g/mol. The maximum absolute atomic E-state index is 14.8. The molecule has 0 saturated heterocycles. The molecular formula is C55H34N4O. The molecule has 12 rings (SSSR count). The Labute approximate surface area is 344 Å². The van der Waals surface area contributed by atoms with E-state index in [1.807, 2.05) is 71.3 Å². The number of para-hydroxylation sites is 1. The minimum atomic E-state index is -0.0704. The summed E-state index contributed by atoms with van der Waals surface area (Å²) in [6.45, 7) is 0. The lowest BCUT2D eigenvalue weighted by Crippen LogP contribution is -2.19. The van der Waals surface area contributed by atoms with E-state index in [4.69, 9.17) is 9.97 Å². The van der Waals surface area contributed by atoms with Gasteiger partial charge in [0.05, 0.1) is 27.8 Å². The number of nitrogens with zero attached hydrogens (tertiary/aromatic N) is 4. The van der Waals surface area contributed by atoms with Crippen LogP contribution < -0.4 is 5.56 Å². The molecule has 0 spiro atoms. The first-order valence-corrected chi connectivity index (χ1v) is 20.2. The van der Waals surface area contributed by atoms with Crippen LogP contribution in [0.4, 0.5) is 0 Å². The van der Waals surface area contributed by atoms with Crippen molar-refractivity contribution in [1.82, 2.24) is 19.1 Å². The lowest BCUT2D eigenvalue weighted by molar-refractivity contribution is 1.01. The zero-order valence-corrected chi connectivity index (χ0v) is 32.3. The first-order valence-electron chi connectivity index (χ1n) is 20.2. The Morgan fingerprint density at radius 1 is 0.350 bits per heavy atom. The van der Waals surface area contributed by atoms with E-state index in [1.165, 1.54) is 5.56 Å². The Bertz CT molecular complexity index is 3720. The molecule has 3 heterocycles. The molecule has 280 valence electrons. The summed E-state index contributed by atoms with van der Waals surface area (Å²) in [7, 11) is 0. The second-order valence-corrected chi connectivity index (χ2v) is 15.3. The quantitative estimate of drug-likeness (QED) is 0.164. The topological polar surface area (TPSA) is 52.7 Å². The normalized spacial score (nSPS) is 11.7. The fraction of sp³-hybridized carbons (Fsp3) is 0. The molecule has 5 nitrogen and oxygen atoms in total. The average Bonchev–Trinajstić information content (AvgIpc) is 3.65. The van der Waals surface area contributed by atoms with E-state index in [0.717, 1.165) is 93.4 Å². The van der Waals surface area contributed by atoms with Crippen molar-refractivity contribution in [3.63, 3.8) is 0 Å². The van der Waals surface area contributed by atoms with Crippen molar-refractivity contribution in [2.24, 2.45) is 0 Å². The number of pyridine rings is 1. The van der Waals surface area contributed by atoms with Crippen LogP contribution in [0.1, 0.15) is 0 Å². The number of hydrogen-bond donors (Lipinski definition) is 0. The minimum absolute atomic E-state index is 0.0704. The van der Waals surface area contributed by atoms with Crippen molar-refractivity contribution in [2.45, 2.75) is 0 Å². The Kier molecular flexibility index (Phi) is 7.62. The monoisotopic (exact) mass is 766 g/mol. The van der Waals surface area contributed by atoms with Crippen molar-refractivity contribution < 1.29 is 0 Å². The van der Waals surface area contributed by atoms with Crippen LogP contribution in [0.2, 0.25) is 0 Å². The fourth-order valence-corrected chi connectivity index (χ4v) is 9.10. The van der Waals surface area contributed by atoms with E-state index in [1.54, 1.807) is 0 Å². The first kappa shape index (κ1) is 33.9. The molecule has 0 radical (unpaired) electrons. The van der Waals surface area contributed by atoms with E-state index in [-0.39, 0.29) is 5.56 Å². The Morgan fingerprint density at radius 2 is 0.933 bits per heavy atom. The van der Waals surface area contributed by atoms with Gasteiger partial charge in [-0.15, -0.1) is 0 Å². The summed E-state index contributed by atoms with van der Waals surface area (Å²) >= 11 is 0. The molecule has 0 aliphatic carbocycles. The van der Waals surface area contributed by atoms with E-state index < -0.39 is 0 Å². The van der Waals surface area contributed by atoms with Crippen LogP contribution in [0.5, 0.6) is 0 Å². The maximum Gasteiger partial charge on any atom is 0.263 e. The van der Waals surface area contributed by atoms with Gasteiger partial charge in [0.15, 0.2) is 0 Å². The van der Waals surface area contributed by atoms with Gasteiger partial charge in [-0.25, -0.2) is 9.97 Å². The van der Waals surface area contributed by atoms with Gasteiger partial charge in [-0.1, -0.05) is 170 Å². The van der Waals surface area contributed by atoms with Gasteiger partial charge in [-0.3, -0.25) is 13.9 Å². The van der Waals surface area contributed by atoms with Crippen LogP contribution in [-0.2, 0) is 0 Å². The maximum atomic E-state index is 14.8. The van der Waals surface area contributed by atoms with E-state index in [9.17, 15) is 4.79 Å². The molecule has 12 aromatic rings. The molecule has 0 N–H and O–H groups in total. The third-order valence-electron chi connectivity index (χ3n) is 11.9. The fourth-order valence-electron chi connectivity index (χ4n) is 9.10. The van der Waals surface area contributed by atoms with Gasteiger partial charge in [0.1, 0.15) is 0 Å². The van der Waals surface area contributed by atoms with E-state index in [2.05, 4.69) is 144 Å². The minimum Gasteiger partial charge on any atom is -0.277 e.